The minimum Gasteiger partial charge on any atom is -0.778 e. The standard InChI is InChI=1S/C29H47N2O4P.Na/c1-3-5-6-7-8-9-10-11-12-13-14-15-16-17-22-34-28-20-18-26(19-21-28)29-24-30-27(23-31-29)25-36(32,33)35-4-2;/h18-21,23-24H,3-17,22,25H2,1-2H3,(H,32,33);/q;+1/p-1. The predicted molar refractivity (Wildman–Crippen MR) is 146 cm³/mol. The molecule has 0 radical (unpaired) electrons. The smallest absolute Gasteiger partial charge is 0.778 e. The molecule has 0 fully saturated rings. The molecule has 202 valence electrons. The van der Waals surface area contributed by atoms with Crippen LogP contribution in [-0.4, -0.2) is 23.2 Å². The van der Waals surface area contributed by atoms with E-state index in [1.807, 2.05) is 24.3 Å². The molecule has 0 aliphatic carbocycles. The normalized spacial score (nSPS) is 12.6. The van der Waals surface area contributed by atoms with Crippen LogP contribution in [0.1, 0.15) is 109 Å². The molecule has 0 saturated heterocycles. The molecule has 1 unspecified atom stereocenters. The van der Waals surface area contributed by atoms with Gasteiger partial charge in [-0.15, -0.1) is 0 Å². The summed E-state index contributed by atoms with van der Waals surface area (Å²) in [6.07, 6.45) is 21.7. The van der Waals surface area contributed by atoms with E-state index in [0.717, 1.165) is 24.3 Å². The third-order valence-corrected chi connectivity index (χ3v) is 7.67. The zero-order chi connectivity index (χ0) is 25.9. The molecule has 1 aromatic heterocycles. The summed E-state index contributed by atoms with van der Waals surface area (Å²) in [6, 6.07) is 7.77. The number of nitrogens with zero attached hydrogens (tertiary/aromatic N) is 2. The van der Waals surface area contributed by atoms with Crippen LogP contribution < -0.4 is 39.2 Å². The predicted octanol–water partition coefficient (Wildman–Crippen LogP) is 5.10. The van der Waals surface area contributed by atoms with E-state index >= 15 is 0 Å². The molecule has 2 rings (SSSR count). The zero-order valence-electron chi connectivity index (χ0n) is 23.5. The molecule has 0 aliphatic rings. The van der Waals surface area contributed by atoms with Crippen LogP contribution in [0.5, 0.6) is 5.75 Å². The van der Waals surface area contributed by atoms with Gasteiger partial charge < -0.3 is 18.7 Å². The molecule has 0 spiro atoms. The van der Waals surface area contributed by atoms with Gasteiger partial charge in [-0.05, 0) is 37.6 Å². The maximum absolute atomic E-state index is 11.8. The van der Waals surface area contributed by atoms with Crippen molar-refractivity contribution in [2.75, 3.05) is 13.2 Å². The Morgan fingerprint density at radius 2 is 1.30 bits per heavy atom. The monoisotopic (exact) mass is 540 g/mol. The molecule has 6 nitrogen and oxygen atoms in total. The number of hydrogen-bond acceptors (Lipinski definition) is 6. The third-order valence-electron chi connectivity index (χ3n) is 6.30. The van der Waals surface area contributed by atoms with Crippen molar-refractivity contribution < 1.29 is 48.3 Å². The molecule has 0 saturated carbocycles. The number of aromatic nitrogens is 2. The van der Waals surface area contributed by atoms with Crippen molar-refractivity contribution in [1.29, 1.82) is 0 Å². The van der Waals surface area contributed by atoms with Crippen LogP contribution in [0.2, 0.25) is 0 Å². The molecular weight excluding hydrogens is 494 g/mol. The van der Waals surface area contributed by atoms with Crippen LogP contribution in [0.3, 0.4) is 0 Å². The van der Waals surface area contributed by atoms with Crippen molar-refractivity contribution in [3.8, 4) is 17.0 Å². The summed E-state index contributed by atoms with van der Waals surface area (Å²) in [5.41, 5.74) is 1.97. The molecule has 0 N–H and O–H groups in total. The Hall–Kier alpha value is -0.750. The van der Waals surface area contributed by atoms with Gasteiger partial charge in [0.1, 0.15) is 13.3 Å². The van der Waals surface area contributed by atoms with Crippen molar-refractivity contribution in [3.63, 3.8) is 0 Å². The molecule has 0 aliphatic heterocycles. The van der Waals surface area contributed by atoms with Crippen molar-refractivity contribution in [3.05, 3.63) is 42.4 Å². The Morgan fingerprint density at radius 1 is 0.757 bits per heavy atom. The quantitative estimate of drug-likeness (QED) is 0.125. The maximum atomic E-state index is 11.8. The summed E-state index contributed by atoms with van der Waals surface area (Å²) < 4.78 is 22.4. The molecule has 37 heavy (non-hydrogen) atoms. The van der Waals surface area contributed by atoms with E-state index in [4.69, 9.17) is 9.26 Å². The SMILES string of the molecule is CCCCCCCCCCCCCCCCOc1ccc(-c2cnc(CP(=O)([O-])OCC)cn2)cc1.[Na+]. The fourth-order valence-electron chi connectivity index (χ4n) is 4.23. The first-order valence-electron chi connectivity index (χ1n) is 14.0. The second-order valence-corrected chi connectivity index (χ2v) is 11.3. The number of benzene rings is 1. The molecule has 1 heterocycles. The van der Waals surface area contributed by atoms with Crippen LogP contribution in [0.25, 0.3) is 11.3 Å². The van der Waals surface area contributed by atoms with E-state index in [9.17, 15) is 9.46 Å². The van der Waals surface area contributed by atoms with Crippen LogP contribution in [0.4, 0.5) is 0 Å². The Labute approximate surface area is 247 Å². The Balaban J connectivity index is 0.00000684. The van der Waals surface area contributed by atoms with Crippen molar-refractivity contribution in [2.24, 2.45) is 0 Å². The van der Waals surface area contributed by atoms with E-state index in [1.165, 1.54) is 89.7 Å². The number of rotatable bonds is 21. The van der Waals surface area contributed by atoms with Crippen molar-refractivity contribution in [1.82, 2.24) is 9.97 Å². The first kappa shape index (κ1) is 34.3. The Kier molecular flexibility index (Phi) is 19.6. The average molecular weight is 541 g/mol. The minimum atomic E-state index is -3.91. The van der Waals surface area contributed by atoms with Crippen LogP contribution in [-0.2, 0) is 15.3 Å². The van der Waals surface area contributed by atoms with Gasteiger partial charge in [-0.2, -0.15) is 0 Å². The first-order valence-corrected chi connectivity index (χ1v) is 15.8. The van der Waals surface area contributed by atoms with Gasteiger partial charge in [0.15, 0.2) is 0 Å². The molecule has 0 bridgehead atoms. The summed E-state index contributed by atoms with van der Waals surface area (Å²) in [4.78, 5) is 20.3. The molecular formula is C29H46N2NaO4P. The summed E-state index contributed by atoms with van der Waals surface area (Å²) in [5.74, 6) is 0.849. The largest absolute Gasteiger partial charge is 1.00 e. The summed E-state index contributed by atoms with van der Waals surface area (Å²) in [6.45, 7) is 4.78. The number of ether oxygens (including phenoxy) is 1. The van der Waals surface area contributed by atoms with E-state index in [0.29, 0.717) is 11.4 Å². The van der Waals surface area contributed by atoms with Gasteiger partial charge in [0, 0.05) is 11.8 Å². The summed E-state index contributed by atoms with van der Waals surface area (Å²) in [7, 11) is -3.91. The van der Waals surface area contributed by atoms with Crippen LogP contribution in [0, 0.1) is 0 Å². The molecule has 1 atom stereocenters. The van der Waals surface area contributed by atoms with E-state index in [2.05, 4.69) is 16.9 Å². The zero-order valence-corrected chi connectivity index (χ0v) is 26.4. The summed E-state index contributed by atoms with van der Waals surface area (Å²) >= 11 is 0. The van der Waals surface area contributed by atoms with Crippen LogP contribution >= 0.6 is 7.60 Å². The topological polar surface area (TPSA) is 84.4 Å². The maximum Gasteiger partial charge on any atom is 1.00 e. The molecule has 0 amide bonds. The van der Waals surface area contributed by atoms with Crippen LogP contribution in [0.15, 0.2) is 36.7 Å². The fraction of sp³-hybridized carbons (Fsp3) is 0.655. The van der Waals surface area contributed by atoms with E-state index < -0.39 is 7.60 Å². The molecule has 8 heteroatoms. The van der Waals surface area contributed by atoms with Gasteiger partial charge in [-0.25, -0.2) is 0 Å². The van der Waals surface area contributed by atoms with Gasteiger partial charge >= 0.3 is 29.6 Å². The second kappa shape index (κ2) is 21.1. The Bertz CT molecular complexity index is 865. The van der Waals surface area contributed by atoms with Gasteiger partial charge in [0.05, 0.1) is 37.0 Å². The number of hydrogen-bond donors (Lipinski definition) is 0. The van der Waals surface area contributed by atoms with Gasteiger partial charge in [-0.1, -0.05) is 90.4 Å². The van der Waals surface area contributed by atoms with E-state index in [1.54, 1.807) is 13.1 Å². The van der Waals surface area contributed by atoms with Gasteiger partial charge in [-0.3, -0.25) is 9.97 Å². The van der Waals surface area contributed by atoms with Gasteiger partial charge in [0.25, 0.3) is 0 Å². The van der Waals surface area contributed by atoms with Crippen molar-refractivity contribution >= 4 is 7.60 Å². The van der Waals surface area contributed by atoms with E-state index in [-0.39, 0.29) is 42.3 Å². The number of unbranched alkanes of at least 4 members (excludes halogenated alkanes) is 13. The molecule has 2 aromatic rings. The third kappa shape index (κ3) is 16.1. The van der Waals surface area contributed by atoms with Crippen molar-refractivity contribution in [2.45, 2.75) is 110 Å². The Morgan fingerprint density at radius 3 is 1.78 bits per heavy atom. The fourth-order valence-corrected chi connectivity index (χ4v) is 5.28. The first-order chi connectivity index (χ1) is 17.5. The van der Waals surface area contributed by atoms with Gasteiger partial charge in [0.2, 0.25) is 0 Å². The minimum absolute atomic E-state index is 0. The summed E-state index contributed by atoms with van der Waals surface area (Å²) in [5, 5.41) is 0. The molecule has 1 aromatic carbocycles. The second-order valence-electron chi connectivity index (χ2n) is 9.55. The average Bonchev–Trinajstić information content (AvgIpc) is 2.87.